The molecule has 0 saturated carbocycles. The zero-order chi connectivity index (χ0) is 16.7. The fraction of sp³-hybridized carbons (Fsp3) is 0.529. The molecule has 0 aliphatic carbocycles. The number of carboxylic acids is 1. The molecule has 0 heterocycles. The Bertz CT molecular complexity index is 498. The highest BCUT2D eigenvalue weighted by Crippen LogP contribution is 2.23. The molecule has 1 rings (SSSR count). The number of methoxy groups -OCH3 is 1. The SMILES string of the molecule is CCC(C(=O)NC(C(=O)O)C(C)CC)c1ccc(OC)cc1. The van der Waals surface area contributed by atoms with Crippen LogP contribution in [0.3, 0.4) is 0 Å². The van der Waals surface area contributed by atoms with Crippen molar-refractivity contribution in [2.45, 2.75) is 45.6 Å². The van der Waals surface area contributed by atoms with Crippen molar-refractivity contribution < 1.29 is 19.4 Å². The lowest BCUT2D eigenvalue weighted by atomic mass is 9.93. The normalized spacial score (nSPS) is 14.7. The van der Waals surface area contributed by atoms with Gasteiger partial charge in [0.1, 0.15) is 11.8 Å². The Kier molecular flexibility index (Phi) is 6.89. The quantitative estimate of drug-likeness (QED) is 0.774. The Morgan fingerprint density at radius 1 is 1.18 bits per heavy atom. The number of nitrogens with one attached hydrogen (secondary N) is 1. The molecule has 3 atom stereocenters. The lowest BCUT2D eigenvalue weighted by Gasteiger charge is -2.23. The predicted molar refractivity (Wildman–Crippen MR) is 85.0 cm³/mol. The van der Waals surface area contributed by atoms with Crippen LogP contribution in [0.5, 0.6) is 5.75 Å². The summed E-state index contributed by atoms with van der Waals surface area (Å²) >= 11 is 0. The van der Waals surface area contributed by atoms with Crippen LogP contribution in [0.2, 0.25) is 0 Å². The third kappa shape index (κ3) is 4.48. The number of aliphatic carboxylic acids is 1. The average Bonchev–Trinajstić information content (AvgIpc) is 2.53. The van der Waals surface area contributed by atoms with E-state index in [4.69, 9.17) is 4.74 Å². The molecule has 1 amide bonds. The van der Waals surface area contributed by atoms with Gasteiger partial charge in [-0.05, 0) is 30.0 Å². The minimum Gasteiger partial charge on any atom is -0.497 e. The van der Waals surface area contributed by atoms with Crippen molar-refractivity contribution in [2.75, 3.05) is 7.11 Å². The molecule has 5 nitrogen and oxygen atoms in total. The number of ether oxygens (including phenoxy) is 1. The molecule has 0 bridgehead atoms. The van der Waals surface area contributed by atoms with Crippen LogP contribution >= 0.6 is 0 Å². The van der Waals surface area contributed by atoms with E-state index in [0.717, 1.165) is 11.3 Å². The molecule has 0 spiro atoms. The molecule has 5 heteroatoms. The van der Waals surface area contributed by atoms with Gasteiger partial charge < -0.3 is 15.2 Å². The fourth-order valence-electron chi connectivity index (χ4n) is 2.35. The third-order valence-corrected chi connectivity index (χ3v) is 4.02. The van der Waals surface area contributed by atoms with E-state index in [9.17, 15) is 14.7 Å². The Hall–Kier alpha value is -2.04. The summed E-state index contributed by atoms with van der Waals surface area (Å²) in [6.07, 6.45) is 1.29. The molecule has 0 saturated heterocycles. The molecule has 3 unspecified atom stereocenters. The van der Waals surface area contributed by atoms with Gasteiger partial charge in [-0.2, -0.15) is 0 Å². The highest BCUT2D eigenvalue weighted by Gasteiger charge is 2.28. The van der Waals surface area contributed by atoms with Gasteiger partial charge in [0.25, 0.3) is 0 Å². The van der Waals surface area contributed by atoms with E-state index in [-0.39, 0.29) is 17.7 Å². The summed E-state index contributed by atoms with van der Waals surface area (Å²) in [6.45, 7) is 5.65. The van der Waals surface area contributed by atoms with E-state index in [1.54, 1.807) is 19.2 Å². The number of carbonyl (C=O) groups excluding carboxylic acids is 1. The minimum absolute atomic E-state index is 0.116. The summed E-state index contributed by atoms with van der Waals surface area (Å²) < 4.78 is 5.11. The van der Waals surface area contributed by atoms with Crippen LogP contribution in [-0.2, 0) is 9.59 Å². The molecule has 22 heavy (non-hydrogen) atoms. The monoisotopic (exact) mass is 307 g/mol. The van der Waals surface area contributed by atoms with Crippen LogP contribution in [0, 0.1) is 5.92 Å². The van der Waals surface area contributed by atoms with Crippen LogP contribution in [0.1, 0.15) is 45.1 Å². The first-order chi connectivity index (χ1) is 10.4. The summed E-state index contributed by atoms with van der Waals surface area (Å²) in [6, 6.07) is 6.42. The number of carbonyl (C=O) groups is 2. The molecule has 0 aromatic heterocycles. The van der Waals surface area contributed by atoms with Gasteiger partial charge in [0, 0.05) is 0 Å². The zero-order valence-electron chi connectivity index (χ0n) is 13.6. The van der Waals surface area contributed by atoms with Crippen LogP contribution in [-0.4, -0.2) is 30.1 Å². The highest BCUT2D eigenvalue weighted by atomic mass is 16.5. The predicted octanol–water partition coefficient (Wildman–Crippen LogP) is 2.80. The lowest BCUT2D eigenvalue weighted by molar-refractivity contribution is -0.143. The van der Waals surface area contributed by atoms with E-state index in [1.807, 2.05) is 32.9 Å². The second-order valence-corrected chi connectivity index (χ2v) is 5.44. The molecule has 0 aliphatic rings. The van der Waals surface area contributed by atoms with Crippen LogP contribution in [0.15, 0.2) is 24.3 Å². The van der Waals surface area contributed by atoms with Crippen molar-refractivity contribution >= 4 is 11.9 Å². The van der Waals surface area contributed by atoms with Crippen molar-refractivity contribution in [2.24, 2.45) is 5.92 Å². The van der Waals surface area contributed by atoms with Gasteiger partial charge in [-0.3, -0.25) is 4.79 Å². The molecular weight excluding hydrogens is 282 g/mol. The molecule has 122 valence electrons. The Morgan fingerprint density at radius 3 is 2.18 bits per heavy atom. The molecule has 0 aliphatic heterocycles. The first kappa shape index (κ1) is 18.0. The molecule has 2 N–H and O–H groups in total. The minimum atomic E-state index is -0.993. The smallest absolute Gasteiger partial charge is 0.326 e. The number of carboxylic acid groups (broad SMARTS) is 1. The average molecular weight is 307 g/mol. The molecule has 0 fully saturated rings. The second-order valence-electron chi connectivity index (χ2n) is 5.44. The van der Waals surface area contributed by atoms with Crippen molar-refractivity contribution in [3.05, 3.63) is 29.8 Å². The summed E-state index contributed by atoms with van der Waals surface area (Å²) in [5, 5.41) is 12.0. The maximum atomic E-state index is 12.5. The fourth-order valence-corrected chi connectivity index (χ4v) is 2.35. The summed E-state index contributed by atoms with van der Waals surface area (Å²) in [4.78, 5) is 23.8. The maximum absolute atomic E-state index is 12.5. The molecule has 0 radical (unpaired) electrons. The van der Waals surface area contributed by atoms with Gasteiger partial charge in [0.05, 0.1) is 13.0 Å². The van der Waals surface area contributed by atoms with Crippen molar-refractivity contribution in [1.82, 2.24) is 5.32 Å². The van der Waals surface area contributed by atoms with Gasteiger partial charge in [0.15, 0.2) is 0 Å². The van der Waals surface area contributed by atoms with Crippen LogP contribution < -0.4 is 10.1 Å². The van der Waals surface area contributed by atoms with E-state index >= 15 is 0 Å². The van der Waals surface area contributed by atoms with E-state index in [2.05, 4.69) is 5.32 Å². The molecule has 1 aromatic carbocycles. The largest absolute Gasteiger partial charge is 0.497 e. The van der Waals surface area contributed by atoms with Gasteiger partial charge in [-0.25, -0.2) is 4.79 Å². The lowest BCUT2D eigenvalue weighted by Crippen LogP contribution is -2.46. The number of amides is 1. The standard InChI is InChI=1S/C17H25NO4/c1-5-11(3)15(17(20)21)18-16(19)14(6-2)12-7-9-13(22-4)10-8-12/h7-11,14-15H,5-6H2,1-4H3,(H,18,19)(H,20,21). The van der Waals surface area contributed by atoms with Crippen LogP contribution in [0.25, 0.3) is 0 Å². The number of rotatable bonds is 8. The Morgan fingerprint density at radius 2 is 1.77 bits per heavy atom. The van der Waals surface area contributed by atoms with Crippen molar-refractivity contribution in [3.63, 3.8) is 0 Å². The topological polar surface area (TPSA) is 75.6 Å². The first-order valence-electron chi connectivity index (χ1n) is 7.61. The van der Waals surface area contributed by atoms with E-state index in [0.29, 0.717) is 12.8 Å². The second kappa shape index (κ2) is 8.41. The van der Waals surface area contributed by atoms with Gasteiger partial charge in [-0.1, -0.05) is 39.3 Å². The number of hydrogen-bond donors (Lipinski definition) is 2. The van der Waals surface area contributed by atoms with Crippen LogP contribution in [0.4, 0.5) is 0 Å². The maximum Gasteiger partial charge on any atom is 0.326 e. The number of benzene rings is 1. The number of hydrogen-bond acceptors (Lipinski definition) is 3. The van der Waals surface area contributed by atoms with Gasteiger partial charge in [-0.15, -0.1) is 0 Å². The first-order valence-corrected chi connectivity index (χ1v) is 7.61. The Balaban J connectivity index is 2.88. The third-order valence-electron chi connectivity index (χ3n) is 4.02. The van der Waals surface area contributed by atoms with E-state index in [1.165, 1.54) is 0 Å². The zero-order valence-corrected chi connectivity index (χ0v) is 13.6. The summed E-state index contributed by atoms with van der Waals surface area (Å²) in [7, 11) is 1.59. The Labute approximate surface area is 131 Å². The van der Waals surface area contributed by atoms with Gasteiger partial charge >= 0.3 is 5.97 Å². The van der Waals surface area contributed by atoms with Gasteiger partial charge in [0.2, 0.25) is 5.91 Å². The molecular formula is C17H25NO4. The highest BCUT2D eigenvalue weighted by molar-refractivity contribution is 5.88. The van der Waals surface area contributed by atoms with E-state index < -0.39 is 12.0 Å². The van der Waals surface area contributed by atoms with Crippen molar-refractivity contribution in [3.8, 4) is 5.75 Å². The summed E-state index contributed by atoms with van der Waals surface area (Å²) in [5.74, 6) is -0.999. The summed E-state index contributed by atoms with van der Waals surface area (Å²) in [5.41, 5.74) is 0.856. The molecule has 1 aromatic rings. The van der Waals surface area contributed by atoms with Crippen molar-refractivity contribution in [1.29, 1.82) is 0 Å².